The maximum atomic E-state index is 9.85. The van der Waals surface area contributed by atoms with Gasteiger partial charge < -0.3 is 9.84 Å². The third kappa shape index (κ3) is 3.76. The van der Waals surface area contributed by atoms with Crippen LogP contribution in [0.2, 0.25) is 0 Å². The Kier molecular flexibility index (Phi) is 4.37. The van der Waals surface area contributed by atoms with Crippen LogP contribution in [-0.2, 0) is 0 Å². The second kappa shape index (κ2) is 5.56. The van der Waals surface area contributed by atoms with Crippen LogP contribution in [0.25, 0.3) is 0 Å². The minimum absolute atomic E-state index is 0.425. The normalized spacial score (nSPS) is 12.0. The van der Waals surface area contributed by atoms with E-state index < -0.39 is 6.10 Å². The average molecular weight is 206 g/mol. The molecule has 15 heavy (non-hydrogen) atoms. The zero-order valence-corrected chi connectivity index (χ0v) is 9.53. The first-order chi connectivity index (χ1) is 7.13. The van der Waals surface area contributed by atoms with Gasteiger partial charge in [0.2, 0.25) is 0 Å². The molecule has 0 aromatic heterocycles. The molecule has 82 valence electrons. The van der Waals surface area contributed by atoms with Crippen LogP contribution in [0, 0.1) is 0 Å². The fourth-order valence-electron chi connectivity index (χ4n) is 1.31. The van der Waals surface area contributed by atoms with Crippen molar-refractivity contribution < 1.29 is 9.84 Å². The van der Waals surface area contributed by atoms with Crippen molar-refractivity contribution in [1.82, 2.24) is 0 Å². The second-order valence-electron chi connectivity index (χ2n) is 3.81. The van der Waals surface area contributed by atoms with Gasteiger partial charge in [0.05, 0.1) is 13.2 Å². The monoisotopic (exact) mass is 206 g/mol. The van der Waals surface area contributed by atoms with Crippen molar-refractivity contribution in [2.45, 2.75) is 26.4 Å². The third-order valence-electron chi connectivity index (χ3n) is 2.25. The first kappa shape index (κ1) is 11.8. The highest BCUT2D eigenvalue weighted by Gasteiger charge is 2.05. The van der Waals surface area contributed by atoms with Crippen molar-refractivity contribution in [2.24, 2.45) is 0 Å². The van der Waals surface area contributed by atoms with Crippen LogP contribution < -0.4 is 4.74 Å². The van der Waals surface area contributed by atoms with Crippen LogP contribution >= 0.6 is 0 Å². The fourth-order valence-corrected chi connectivity index (χ4v) is 1.31. The maximum absolute atomic E-state index is 9.85. The Hall–Kier alpha value is -1.28. The summed E-state index contributed by atoms with van der Waals surface area (Å²) in [6.45, 7) is 4.06. The molecular weight excluding hydrogens is 188 g/mol. The molecule has 0 heterocycles. The van der Waals surface area contributed by atoms with E-state index in [1.807, 2.05) is 44.2 Å². The SMILES string of the molecule is COc1ccc([C@H](O)CC=C(C)C)cc1. The summed E-state index contributed by atoms with van der Waals surface area (Å²) in [6.07, 6.45) is 2.27. The fraction of sp³-hybridized carbons (Fsp3) is 0.385. The summed E-state index contributed by atoms with van der Waals surface area (Å²) in [5.74, 6) is 0.813. The quantitative estimate of drug-likeness (QED) is 0.767. The Balaban J connectivity index is 2.65. The molecule has 0 saturated heterocycles. The van der Waals surface area contributed by atoms with Crippen LogP contribution in [0.4, 0.5) is 0 Å². The van der Waals surface area contributed by atoms with Gasteiger partial charge in [0.1, 0.15) is 5.75 Å². The summed E-state index contributed by atoms with van der Waals surface area (Å²) in [4.78, 5) is 0. The lowest BCUT2D eigenvalue weighted by atomic mass is 10.1. The van der Waals surface area contributed by atoms with Gasteiger partial charge in [-0.05, 0) is 38.0 Å². The van der Waals surface area contributed by atoms with Gasteiger partial charge in [-0.15, -0.1) is 0 Å². The van der Waals surface area contributed by atoms with Gasteiger partial charge in [0, 0.05) is 0 Å². The molecule has 0 aliphatic heterocycles. The summed E-state index contributed by atoms with van der Waals surface area (Å²) in [6, 6.07) is 7.51. The standard InChI is InChI=1S/C13H18O2/c1-10(2)4-9-13(14)11-5-7-12(15-3)8-6-11/h4-8,13-14H,9H2,1-3H3/t13-/m1/s1. The van der Waals surface area contributed by atoms with E-state index in [1.54, 1.807) is 7.11 Å². The highest BCUT2D eigenvalue weighted by molar-refractivity contribution is 5.28. The van der Waals surface area contributed by atoms with E-state index in [0.29, 0.717) is 6.42 Å². The summed E-state index contributed by atoms with van der Waals surface area (Å²) < 4.78 is 5.05. The van der Waals surface area contributed by atoms with Gasteiger partial charge in [-0.2, -0.15) is 0 Å². The minimum atomic E-state index is -0.425. The van der Waals surface area contributed by atoms with E-state index in [2.05, 4.69) is 0 Å². The number of ether oxygens (including phenoxy) is 1. The van der Waals surface area contributed by atoms with Crippen molar-refractivity contribution in [1.29, 1.82) is 0 Å². The number of aliphatic hydroxyl groups is 1. The molecule has 1 aromatic rings. The Bertz CT molecular complexity index is 321. The summed E-state index contributed by atoms with van der Waals surface area (Å²) in [5, 5.41) is 9.85. The number of rotatable bonds is 4. The number of hydrogen-bond donors (Lipinski definition) is 1. The minimum Gasteiger partial charge on any atom is -0.497 e. The van der Waals surface area contributed by atoms with Gasteiger partial charge in [-0.1, -0.05) is 23.8 Å². The zero-order chi connectivity index (χ0) is 11.3. The predicted octanol–water partition coefficient (Wildman–Crippen LogP) is 3.08. The number of methoxy groups -OCH3 is 1. The maximum Gasteiger partial charge on any atom is 0.118 e. The van der Waals surface area contributed by atoms with Gasteiger partial charge in [-0.25, -0.2) is 0 Å². The lowest BCUT2D eigenvalue weighted by molar-refractivity contribution is 0.181. The molecule has 1 atom stereocenters. The molecule has 0 saturated carbocycles. The van der Waals surface area contributed by atoms with E-state index in [1.165, 1.54) is 5.57 Å². The van der Waals surface area contributed by atoms with Crippen LogP contribution in [0.5, 0.6) is 5.75 Å². The summed E-state index contributed by atoms with van der Waals surface area (Å²) >= 11 is 0. The number of benzene rings is 1. The predicted molar refractivity (Wildman–Crippen MR) is 62.0 cm³/mol. The molecule has 0 unspecified atom stereocenters. The van der Waals surface area contributed by atoms with E-state index in [0.717, 1.165) is 11.3 Å². The number of hydrogen-bond acceptors (Lipinski definition) is 2. The number of allylic oxidation sites excluding steroid dienone is 1. The summed E-state index contributed by atoms with van der Waals surface area (Å²) in [7, 11) is 1.63. The molecule has 2 nitrogen and oxygen atoms in total. The lowest BCUT2D eigenvalue weighted by Gasteiger charge is -2.09. The molecule has 1 N–H and O–H groups in total. The van der Waals surface area contributed by atoms with Crippen molar-refractivity contribution in [3.05, 3.63) is 41.5 Å². The molecule has 0 amide bonds. The average Bonchev–Trinajstić information content (AvgIpc) is 2.26. The molecular formula is C13H18O2. The first-order valence-electron chi connectivity index (χ1n) is 5.09. The van der Waals surface area contributed by atoms with Gasteiger partial charge in [0.15, 0.2) is 0 Å². The lowest BCUT2D eigenvalue weighted by Crippen LogP contribution is -1.95. The van der Waals surface area contributed by atoms with E-state index in [9.17, 15) is 5.11 Å². The van der Waals surface area contributed by atoms with Crippen LogP contribution in [0.1, 0.15) is 31.9 Å². The van der Waals surface area contributed by atoms with Crippen LogP contribution in [0.3, 0.4) is 0 Å². The Morgan fingerprint density at radius 1 is 1.33 bits per heavy atom. The van der Waals surface area contributed by atoms with Crippen LogP contribution in [-0.4, -0.2) is 12.2 Å². The third-order valence-corrected chi connectivity index (χ3v) is 2.25. The number of aliphatic hydroxyl groups excluding tert-OH is 1. The smallest absolute Gasteiger partial charge is 0.118 e. The Morgan fingerprint density at radius 3 is 2.40 bits per heavy atom. The molecule has 0 fully saturated rings. The van der Waals surface area contributed by atoms with E-state index in [-0.39, 0.29) is 0 Å². The molecule has 1 aromatic carbocycles. The molecule has 0 bridgehead atoms. The van der Waals surface area contributed by atoms with E-state index in [4.69, 9.17) is 4.74 Å². The molecule has 0 spiro atoms. The van der Waals surface area contributed by atoms with Gasteiger partial charge >= 0.3 is 0 Å². The van der Waals surface area contributed by atoms with Crippen molar-refractivity contribution in [2.75, 3.05) is 7.11 Å². The summed E-state index contributed by atoms with van der Waals surface area (Å²) in [5.41, 5.74) is 2.15. The first-order valence-corrected chi connectivity index (χ1v) is 5.09. The largest absolute Gasteiger partial charge is 0.497 e. The topological polar surface area (TPSA) is 29.5 Å². The van der Waals surface area contributed by atoms with Crippen LogP contribution in [0.15, 0.2) is 35.9 Å². The van der Waals surface area contributed by atoms with Gasteiger partial charge in [-0.3, -0.25) is 0 Å². The highest BCUT2D eigenvalue weighted by atomic mass is 16.5. The second-order valence-corrected chi connectivity index (χ2v) is 3.81. The molecule has 0 aliphatic carbocycles. The highest BCUT2D eigenvalue weighted by Crippen LogP contribution is 2.20. The van der Waals surface area contributed by atoms with Crippen molar-refractivity contribution in [3.63, 3.8) is 0 Å². The molecule has 0 aliphatic rings. The Labute approximate surface area is 91.2 Å². The van der Waals surface area contributed by atoms with Crippen molar-refractivity contribution in [3.8, 4) is 5.75 Å². The van der Waals surface area contributed by atoms with Crippen molar-refractivity contribution >= 4 is 0 Å². The molecule has 1 rings (SSSR count). The Morgan fingerprint density at radius 2 is 1.93 bits per heavy atom. The van der Waals surface area contributed by atoms with E-state index >= 15 is 0 Å². The molecule has 2 heteroatoms. The zero-order valence-electron chi connectivity index (χ0n) is 9.53. The van der Waals surface area contributed by atoms with Gasteiger partial charge in [0.25, 0.3) is 0 Å². The molecule has 0 radical (unpaired) electrons.